The molecule has 2 fully saturated rings. The zero-order valence-electron chi connectivity index (χ0n) is 18.0. The first kappa shape index (κ1) is 19.7. The van der Waals surface area contributed by atoms with Crippen LogP contribution in [0.25, 0.3) is 6.08 Å². The highest BCUT2D eigenvalue weighted by molar-refractivity contribution is 5.52. The predicted octanol–water partition coefficient (Wildman–Crippen LogP) is 5.70. The van der Waals surface area contributed by atoms with Crippen molar-refractivity contribution < 1.29 is 14.9 Å². The van der Waals surface area contributed by atoms with E-state index in [1.165, 1.54) is 17.5 Å². The second kappa shape index (κ2) is 7.16. The molecule has 0 unspecified atom stereocenters. The summed E-state index contributed by atoms with van der Waals surface area (Å²) in [6.45, 7) is 2.32. The topological polar surface area (TPSA) is 49.7 Å². The molecule has 2 saturated carbocycles. The maximum Gasteiger partial charge on any atom is 0.118 e. The lowest BCUT2D eigenvalue weighted by molar-refractivity contribution is -0.0705. The van der Waals surface area contributed by atoms with Crippen molar-refractivity contribution in [2.24, 2.45) is 17.3 Å². The summed E-state index contributed by atoms with van der Waals surface area (Å²) < 4.78 is 5.25. The van der Waals surface area contributed by atoms with Crippen LogP contribution in [0.1, 0.15) is 61.6 Å². The normalized spacial score (nSPS) is 35.0. The van der Waals surface area contributed by atoms with E-state index in [9.17, 15) is 10.2 Å². The van der Waals surface area contributed by atoms with Gasteiger partial charge in [0.1, 0.15) is 11.5 Å². The SMILES string of the molecule is COc1ccc(C=C[C@@]2(O)CC[C@H]3[C@@H]4CCc5cc(O)ccc5[C@H]4CC[C@@]32C)cc1. The average molecular weight is 405 g/mol. The van der Waals surface area contributed by atoms with E-state index in [1.807, 2.05) is 36.4 Å². The Morgan fingerprint density at radius 1 is 1.03 bits per heavy atom. The summed E-state index contributed by atoms with van der Waals surface area (Å²) in [4.78, 5) is 0. The first-order valence-electron chi connectivity index (χ1n) is 11.3. The summed E-state index contributed by atoms with van der Waals surface area (Å²) in [6, 6.07) is 14.0. The minimum atomic E-state index is -0.752. The smallest absolute Gasteiger partial charge is 0.118 e. The molecule has 0 radical (unpaired) electrons. The molecule has 0 heterocycles. The standard InChI is InChI=1S/C27H32O3/c1-26-14-12-23-22-10-6-20(28)17-19(22)5-9-24(23)25(26)13-16-27(26,29)15-11-18-3-7-21(30-2)8-4-18/h3-4,6-8,10-11,15,17,23-25,28-29H,5,9,12-14,16H2,1-2H3/t23-,24-,25+,26+,27-/m1/s1. The van der Waals surface area contributed by atoms with Gasteiger partial charge in [0, 0.05) is 5.41 Å². The van der Waals surface area contributed by atoms with E-state index < -0.39 is 5.60 Å². The molecule has 0 aliphatic heterocycles. The molecule has 5 atom stereocenters. The average Bonchev–Trinajstić information content (AvgIpc) is 3.03. The Morgan fingerprint density at radius 3 is 2.60 bits per heavy atom. The summed E-state index contributed by atoms with van der Waals surface area (Å²) >= 11 is 0. The highest BCUT2D eigenvalue weighted by atomic mass is 16.5. The number of aliphatic hydroxyl groups is 1. The molecule has 0 aromatic heterocycles. The fraction of sp³-hybridized carbons (Fsp3) is 0.481. The monoisotopic (exact) mass is 404 g/mol. The molecular weight excluding hydrogens is 372 g/mol. The van der Waals surface area contributed by atoms with E-state index in [4.69, 9.17) is 4.74 Å². The van der Waals surface area contributed by atoms with Crippen LogP contribution in [0.2, 0.25) is 0 Å². The zero-order chi connectivity index (χ0) is 20.9. The van der Waals surface area contributed by atoms with Crippen LogP contribution in [0.4, 0.5) is 0 Å². The summed E-state index contributed by atoms with van der Waals surface area (Å²) in [5.41, 5.74) is 3.03. The van der Waals surface area contributed by atoms with Crippen LogP contribution in [-0.2, 0) is 6.42 Å². The molecule has 0 bridgehead atoms. The molecule has 3 nitrogen and oxygen atoms in total. The zero-order valence-corrected chi connectivity index (χ0v) is 18.0. The van der Waals surface area contributed by atoms with Crippen LogP contribution in [0, 0.1) is 17.3 Å². The molecule has 0 amide bonds. The number of rotatable bonds is 3. The van der Waals surface area contributed by atoms with Crippen molar-refractivity contribution >= 4 is 6.08 Å². The highest BCUT2D eigenvalue weighted by Gasteiger charge is 2.60. The molecule has 158 valence electrons. The summed E-state index contributed by atoms with van der Waals surface area (Å²) in [5, 5.41) is 21.7. The maximum atomic E-state index is 11.8. The van der Waals surface area contributed by atoms with E-state index in [1.54, 1.807) is 7.11 Å². The number of phenolic OH excluding ortho intramolecular Hbond substituents is 1. The molecule has 3 aliphatic carbocycles. The van der Waals surface area contributed by atoms with Crippen molar-refractivity contribution in [2.45, 2.75) is 57.0 Å². The van der Waals surface area contributed by atoms with Gasteiger partial charge >= 0.3 is 0 Å². The van der Waals surface area contributed by atoms with Gasteiger partial charge in [0.2, 0.25) is 0 Å². The minimum absolute atomic E-state index is 0.0778. The Morgan fingerprint density at radius 2 is 1.83 bits per heavy atom. The van der Waals surface area contributed by atoms with Crippen LogP contribution in [0.15, 0.2) is 48.5 Å². The fourth-order valence-corrected chi connectivity index (χ4v) is 6.84. The van der Waals surface area contributed by atoms with Gasteiger partial charge < -0.3 is 14.9 Å². The van der Waals surface area contributed by atoms with Gasteiger partial charge in [-0.1, -0.05) is 37.3 Å². The number of aryl methyl sites for hydroxylation is 1. The maximum absolute atomic E-state index is 11.8. The molecule has 3 heteroatoms. The molecule has 0 saturated heterocycles. The number of methoxy groups -OCH3 is 1. The first-order valence-corrected chi connectivity index (χ1v) is 11.3. The van der Waals surface area contributed by atoms with Gasteiger partial charge in [0.25, 0.3) is 0 Å². The number of hydrogen-bond acceptors (Lipinski definition) is 3. The molecule has 2 aromatic rings. The largest absolute Gasteiger partial charge is 0.508 e. The van der Waals surface area contributed by atoms with Crippen LogP contribution in [0.3, 0.4) is 0 Å². The number of hydrogen-bond donors (Lipinski definition) is 2. The van der Waals surface area contributed by atoms with Gasteiger partial charge in [-0.15, -0.1) is 0 Å². The highest BCUT2D eigenvalue weighted by Crippen LogP contribution is 2.64. The third-order valence-electron chi connectivity index (χ3n) is 8.59. The third-order valence-corrected chi connectivity index (χ3v) is 8.59. The summed E-state index contributed by atoms with van der Waals surface area (Å²) in [5.74, 6) is 2.98. The van der Waals surface area contributed by atoms with Crippen molar-refractivity contribution in [2.75, 3.05) is 7.11 Å². The van der Waals surface area contributed by atoms with Crippen LogP contribution in [0.5, 0.6) is 11.5 Å². The Bertz CT molecular complexity index is 963. The second-order valence-corrected chi connectivity index (χ2v) is 9.82. The predicted molar refractivity (Wildman–Crippen MR) is 120 cm³/mol. The number of phenols is 1. The van der Waals surface area contributed by atoms with Gasteiger partial charge in [-0.25, -0.2) is 0 Å². The third kappa shape index (κ3) is 2.98. The molecule has 2 aromatic carbocycles. The molecule has 5 rings (SSSR count). The summed E-state index contributed by atoms with van der Waals surface area (Å²) in [7, 11) is 1.68. The Labute approximate surface area is 179 Å². The molecule has 3 aliphatic rings. The van der Waals surface area contributed by atoms with E-state index in [2.05, 4.69) is 25.1 Å². The number of benzene rings is 2. The Balaban J connectivity index is 1.40. The lowest BCUT2D eigenvalue weighted by Gasteiger charge is -2.52. The number of ether oxygens (including phenoxy) is 1. The molecular formula is C27H32O3. The van der Waals surface area contributed by atoms with E-state index in [-0.39, 0.29) is 5.41 Å². The van der Waals surface area contributed by atoms with E-state index in [0.717, 1.165) is 43.4 Å². The Hall–Kier alpha value is -2.26. The first-order chi connectivity index (χ1) is 14.4. The van der Waals surface area contributed by atoms with Crippen molar-refractivity contribution in [3.8, 4) is 11.5 Å². The minimum Gasteiger partial charge on any atom is -0.508 e. The molecule has 30 heavy (non-hydrogen) atoms. The van der Waals surface area contributed by atoms with Crippen LogP contribution < -0.4 is 4.74 Å². The van der Waals surface area contributed by atoms with Crippen LogP contribution in [-0.4, -0.2) is 22.9 Å². The fourth-order valence-electron chi connectivity index (χ4n) is 6.84. The van der Waals surface area contributed by atoms with E-state index in [0.29, 0.717) is 23.5 Å². The van der Waals surface area contributed by atoms with Gasteiger partial charge in [-0.2, -0.15) is 0 Å². The van der Waals surface area contributed by atoms with Crippen molar-refractivity contribution in [3.05, 3.63) is 65.2 Å². The van der Waals surface area contributed by atoms with Crippen molar-refractivity contribution in [3.63, 3.8) is 0 Å². The van der Waals surface area contributed by atoms with Gasteiger partial charge in [-0.05, 0) is 97.2 Å². The van der Waals surface area contributed by atoms with Gasteiger partial charge in [0.15, 0.2) is 0 Å². The van der Waals surface area contributed by atoms with Gasteiger partial charge in [0.05, 0.1) is 12.7 Å². The Kier molecular flexibility index (Phi) is 4.70. The summed E-state index contributed by atoms with van der Waals surface area (Å²) in [6.07, 6.45) is 10.5. The van der Waals surface area contributed by atoms with Crippen molar-refractivity contribution in [1.29, 1.82) is 0 Å². The van der Waals surface area contributed by atoms with Crippen molar-refractivity contribution in [1.82, 2.24) is 0 Å². The lowest BCUT2D eigenvalue weighted by atomic mass is 9.53. The second-order valence-electron chi connectivity index (χ2n) is 9.82. The van der Waals surface area contributed by atoms with E-state index >= 15 is 0 Å². The quantitative estimate of drug-likeness (QED) is 0.690. The molecule has 2 N–H and O–H groups in total. The molecule has 0 spiro atoms. The number of fused-ring (bicyclic) bond motifs is 5. The number of aromatic hydroxyl groups is 1. The van der Waals surface area contributed by atoms with Gasteiger partial charge in [-0.3, -0.25) is 0 Å². The lowest BCUT2D eigenvalue weighted by Crippen LogP contribution is -2.49. The van der Waals surface area contributed by atoms with Crippen LogP contribution >= 0.6 is 0 Å².